The number of nitrogens with zero attached hydrogens (tertiary/aromatic N) is 3. The standard InChI is InChI=1S/C25H27ClN4O5/c1-3-18(15-31)34-19-11-17(24(32)27-23-7-10-29(2)28-23)12-20(14-19)35-22-6-5-16(13-21(22)26)25(33)30-8-4-9-30/h5-7,10-14,18,31H,3-4,8-9,15H2,1-2H3,(H,27,28,32). The Labute approximate surface area is 208 Å². The van der Waals surface area contributed by atoms with E-state index >= 15 is 0 Å². The van der Waals surface area contributed by atoms with E-state index in [9.17, 15) is 14.7 Å². The third kappa shape index (κ3) is 5.93. The van der Waals surface area contributed by atoms with E-state index in [1.807, 2.05) is 6.92 Å². The van der Waals surface area contributed by atoms with Gasteiger partial charge in [-0.25, -0.2) is 0 Å². The highest BCUT2D eigenvalue weighted by Gasteiger charge is 2.22. The molecule has 0 spiro atoms. The summed E-state index contributed by atoms with van der Waals surface area (Å²) in [4.78, 5) is 27.1. The summed E-state index contributed by atoms with van der Waals surface area (Å²) in [6.45, 7) is 3.21. The van der Waals surface area contributed by atoms with Crippen LogP contribution in [-0.4, -0.2) is 57.4 Å². The second-order valence-corrected chi connectivity index (χ2v) is 8.65. The van der Waals surface area contributed by atoms with Crippen LogP contribution < -0.4 is 14.8 Å². The molecule has 35 heavy (non-hydrogen) atoms. The first-order valence-corrected chi connectivity index (χ1v) is 11.7. The molecule has 1 aliphatic rings. The van der Waals surface area contributed by atoms with E-state index in [0.29, 0.717) is 35.1 Å². The number of carbonyl (C=O) groups is 2. The van der Waals surface area contributed by atoms with Gasteiger partial charge in [-0.15, -0.1) is 0 Å². The largest absolute Gasteiger partial charge is 0.488 e. The normalized spacial score (nSPS) is 13.7. The predicted molar refractivity (Wildman–Crippen MR) is 131 cm³/mol. The number of ether oxygens (including phenoxy) is 2. The van der Waals surface area contributed by atoms with Gasteiger partial charge >= 0.3 is 0 Å². The Kier molecular flexibility index (Phi) is 7.57. The Morgan fingerprint density at radius 2 is 1.91 bits per heavy atom. The van der Waals surface area contributed by atoms with Crippen molar-refractivity contribution in [2.24, 2.45) is 7.05 Å². The molecule has 4 rings (SSSR count). The number of halogens is 1. The SMILES string of the molecule is CCC(CO)Oc1cc(Oc2ccc(C(=O)N3CCC3)cc2Cl)cc(C(=O)Nc2ccn(C)n2)c1. The lowest BCUT2D eigenvalue weighted by atomic mass is 10.1. The van der Waals surface area contributed by atoms with E-state index in [0.717, 1.165) is 19.5 Å². The number of carbonyl (C=O) groups excluding carboxylic acids is 2. The molecule has 1 atom stereocenters. The van der Waals surface area contributed by atoms with Crippen molar-refractivity contribution in [1.82, 2.24) is 14.7 Å². The molecule has 10 heteroatoms. The number of hydrogen-bond acceptors (Lipinski definition) is 6. The average Bonchev–Trinajstić information content (AvgIpc) is 3.21. The first-order valence-electron chi connectivity index (χ1n) is 11.4. The van der Waals surface area contributed by atoms with Gasteiger partial charge in [0.05, 0.1) is 11.6 Å². The minimum absolute atomic E-state index is 0.0665. The molecule has 1 aromatic heterocycles. The van der Waals surface area contributed by atoms with E-state index in [-0.39, 0.29) is 23.1 Å². The van der Waals surface area contributed by atoms with Gasteiger partial charge in [0.25, 0.3) is 11.8 Å². The highest BCUT2D eigenvalue weighted by Crippen LogP contribution is 2.34. The fourth-order valence-electron chi connectivity index (χ4n) is 3.49. The summed E-state index contributed by atoms with van der Waals surface area (Å²) in [7, 11) is 1.75. The summed E-state index contributed by atoms with van der Waals surface area (Å²) in [5, 5.41) is 16.7. The number of amides is 2. The Hall–Kier alpha value is -3.56. The maximum absolute atomic E-state index is 12.9. The Balaban J connectivity index is 1.59. The van der Waals surface area contributed by atoms with Gasteiger partial charge in [0.2, 0.25) is 0 Å². The van der Waals surface area contributed by atoms with Crippen LogP contribution in [0.15, 0.2) is 48.7 Å². The second-order valence-electron chi connectivity index (χ2n) is 8.25. The topological polar surface area (TPSA) is 106 Å². The molecule has 1 fully saturated rings. The van der Waals surface area contributed by atoms with Crippen molar-refractivity contribution in [3.63, 3.8) is 0 Å². The molecule has 2 heterocycles. The summed E-state index contributed by atoms with van der Waals surface area (Å²) in [6, 6.07) is 11.3. The summed E-state index contributed by atoms with van der Waals surface area (Å²) in [6.07, 6.45) is 2.86. The van der Waals surface area contributed by atoms with Crippen LogP contribution in [0.5, 0.6) is 17.2 Å². The van der Waals surface area contributed by atoms with E-state index in [1.165, 1.54) is 0 Å². The average molecular weight is 499 g/mol. The van der Waals surface area contributed by atoms with Crippen LogP contribution in [0.1, 0.15) is 40.5 Å². The molecule has 1 unspecified atom stereocenters. The molecule has 2 amide bonds. The van der Waals surface area contributed by atoms with Gasteiger partial charge in [0, 0.05) is 49.6 Å². The van der Waals surface area contributed by atoms with Gasteiger partial charge < -0.3 is 24.8 Å². The van der Waals surface area contributed by atoms with Crippen LogP contribution in [0.2, 0.25) is 5.02 Å². The first-order chi connectivity index (χ1) is 16.9. The number of benzene rings is 2. The lowest BCUT2D eigenvalue weighted by Gasteiger charge is -2.31. The first kappa shape index (κ1) is 24.6. The molecule has 0 radical (unpaired) electrons. The molecule has 2 aromatic carbocycles. The van der Waals surface area contributed by atoms with Crippen molar-refractivity contribution >= 4 is 29.2 Å². The van der Waals surface area contributed by atoms with Crippen LogP contribution in [-0.2, 0) is 7.05 Å². The lowest BCUT2D eigenvalue weighted by molar-refractivity contribution is 0.0651. The van der Waals surface area contributed by atoms with Gasteiger partial charge in [0.1, 0.15) is 23.4 Å². The quantitative estimate of drug-likeness (QED) is 0.460. The molecule has 0 aliphatic carbocycles. The minimum Gasteiger partial charge on any atom is -0.488 e. The Morgan fingerprint density at radius 1 is 1.14 bits per heavy atom. The van der Waals surface area contributed by atoms with Crippen molar-refractivity contribution < 1.29 is 24.2 Å². The number of aliphatic hydroxyl groups is 1. The number of aromatic nitrogens is 2. The van der Waals surface area contributed by atoms with Gasteiger partial charge in [0.15, 0.2) is 5.82 Å². The zero-order chi connectivity index (χ0) is 24.9. The number of likely N-dealkylation sites (tertiary alicyclic amines) is 1. The molecule has 2 N–H and O–H groups in total. The number of anilines is 1. The van der Waals surface area contributed by atoms with Crippen molar-refractivity contribution in [2.75, 3.05) is 25.0 Å². The Morgan fingerprint density at radius 3 is 2.51 bits per heavy atom. The monoisotopic (exact) mass is 498 g/mol. The summed E-state index contributed by atoms with van der Waals surface area (Å²) in [5.41, 5.74) is 0.764. The molecule has 184 valence electrons. The second kappa shape index (κ2) is 10.8. The number of rotatable bonds is 9. The van der Waals surface area contributed by atoms with Crippen molar-refractivity contribution in [3.8, 4) is 17.2 Å². The molecular weight excluding hydrogens is 472 g/mol. The van der Waals surface area contributed by atoms with Gasteiger partial charge in [-0.3, -0.25) is 14.3 Å². The minimum atomic E-state index is -0.438. The third-order valence-corrected chi connectivity index (χ3v) is 5.90. The molecule has 9 nitrogen and oxygen atoms in total. The van der Waals surface area contributed by atoms with Gasteiger partial charge in [-0.05, 0) is 43.2 Å². The van der Waals surface area contributed by atoms with Crippen LogP contribution in [0.3, 0.4) is 0 Å². The van der Waals surface area contributed by atoms with Crippen LogP contribution in [0.4, 0.5) is 5.82 Å². The van der Waals surface area contributed by atoms with Gasteiger partial charge in [-0.2, -0.15) is 5.10 Å². The van der Waals surface area contributed by atoms with Crippen molar-refractivity contribution in [1.29, 1.82) is 0 Å². The molecule has 1 saturated heterocycles. The molecular formula is C25H27ClN4O5. The molecule has 0 bridgehead atoms. The highest BCUT2D eigenvalue weighted by atomic mass is 35.5. The number of hydrogen-bond donors (Lipinski definition) is 2. The van der Waals surface area contributed by atoms with Crippen LogP contribution in [0.25, 0.3) is 0 Å². The van der Waals surface area contributed by atoms with Crippen molar-refractivity contribution in [3.05, 3.63) is 64.8 Å². The predicted octanol–water partition coefficient (Wildman–Crippen LogP) is 4.11. The summed E-state index contributed by atoms with van der Waals surface area (Å²) >= 11 is 6.42. The van der Waals surface area contributed by atoms with Crippen LogP contribution in [0, 0.1) is 0 Å². The van der Waals surface area contributed by atoms with Crippen molar-refractivity contribution in [2.45, 2.75) is 25.9 Å². The van der Waals surface area contributed by atoms with Crippen LogP contribution >= 0.6 is 11.6 Å². The Bertz CT molecular complexity index is 1220. The summed E-state index contributed by atoms with van der Waals surface area (Å²) in [5.74, 6) is 0.925. The maximum Gasteiger partial charge on any atom is 0.257 e. The lowest BCUT2D eigenvalue weighted by Crippen LogP contribution is -2.41. The zero-order valence-electron chi connectivity index (χ0n) is 19.5. The van der Waals surface area contributed by atoms with E-state index in [4.69, 9.17) is 21.1 Å². The summed E-state index contributed by atoms with van der Waals surface area (Å²) < 4.78 is 13.4. The van der Waals surface area contributed by atoms with E-state index < -0.39 is 12.0 Å². The van der Waals surface area contributed by atoms with E-state index in [1.54, 1.807) is 65.3 Å². The molecule has 0 saturated carbocycles. The number of nitrogens with one attached hydrogen (secondary N) is 1. The maximum atomic E-state index is 12.9. The van der Waals surface area contributed by atoms with Gasteiger partial charge in [-0.1, -0.05) is 18.5 Å². The zero-order valence-corrected chi connectivity index (χ0v) is 20.3. The fourth-order valence-corrected chi connectivity index (χ4v) is 3.71. The fraction of sp³-hybridized carbons (Fsp3) is 0.320. The van der Waals surface area contributed by atoms with E-state index in [2.05, 4.69) is 10.4 Å². The smallest absolute Gasteiger partial charge is 0.257 e. The number of aryl methyl sites for hydroxylation is 1. The highest BCUT2D eigenvalue weighted by molar-refractivity contribution is 6.32. The molecule has 1 aliphatic heterocycles. The number of aliphatic hydroxyl groups excluding tert-OH is 1. The molecule has 3 aromatic rings. The third-order valence-electron chi connectivity index (χ3n) is 5.61.